The topological polar surface area (TPSA) is 56.1 Å². The molecule has 4 nitrogen and oxygen atoms in total. The minimum Gasteiger partial charge on any atom is -0.341 e. The Morgan fingerprint density at radius 2 is 1.48 bits per heavy atom. The van der Waals surface area contributed by atoms with E-state index in [2.05, 4.69) is 0 Å². The lowest BCUT2D eigenvalue weighted by Crippen LogP contribution is -2.19. The first-order chi connectivity index (χ1) is 13.9. The number of benzene rings is 3. The third-order valence-electron chi connectivity index (χ3n) is 5.02. The molecule has 0 amide bonds. The molecular formula is C24H21NO3S. The molecule has 29 heavy (non-hydrogen) atoms. The molecule has 0 aliphatic carbocycles. The zero-order valence-corrected chi connectivity index (χ0v) is 17.1. The summed E-state index contributed by atoms with van der Waals surface area (Å²) in [7, 11) is -3.94. The predicted molar refractivity (Wildman–Crippen MR) is 115 cm³/mol. The maximum absolute atomic E-state index is 13.3. The molecule has 146 valence electrons. The molecule has 0 unspecified atom stereocenters. The van der Waals surface area contributed by atoms with Gasteiger partial charge in [-0.15, -0.1) is 0 Å². The molecule has 0 saturated carbocycles. The Bertz CT molecular complexity index is 1350. The fraction of sp³-hybridized carbons (Fsp3) is 0.125. The second kappa shape index (κ2) is 7.33. The van der Waals surface area contributed by atoms with Gasteiger partial charge in [0, 0.05) is 18.1 Å². The van der Waals surface area contributed by atoms with Crippen molar-refractivity contribution in [2.45, 2.75) is 30.2 Å². The van der Waals surface area contributed by atoms with Gasteiger partial charge in [-0.1, -0.05) is 59.7 Å². The SMILES string of the molecule is Cc1ccc(S(=O)(=O)c2cn(Cc3ccccc3)c3ccc(C)cc3c2=O)cc1. The number of sulfone groups is 1. The third kappa shape index (κ3) is 3.61. The zero-order valence-electron chi connectivity index (χ0n) is 16.3. The fourth-order valence-corrected chi connectivity index (χ4v) is 4.80. The first-order valence-corrected chi connectivity index (χ1v) is 10.8. The van der Waals surface area contributed by atoms with Gasteiger partial charge in [-0.05, 0) is 43.7 Å². The summed E-state index contributed by atoms with van der Waals surface area (Å²) in [5.74, 6) is 0. The van der Waals surface area contributed by atoms with Gasteiger partial charge in [0.15, 0.2) is 0 Å². The van der Waals surface area contributed by atoms with E-state index in [0.717, 1.165) is 16.7 Å². The van der Waals surface area contributed by atoms with E-state index in [-0.39, 0.29) is 9.79 Å². The highest BCUT2D eigenvalue weighted by Crippen LogP contribution is 2.23. The van der Waals surface area contributed by atoms with Crippen molar-refractivity contribution in [3.05, 3.63) is 106 Å². The monoisotopic (exact) mass is 403 g/mol. The van der Waals surface area contributed by atoms with Gasteiger partial charge < -0.3 is 4.57 Å². The molecule has 4 rings (SSSR count). The number of pyridine rings is 1. The van der Waals surface area contributed by atoms with Crippen molar-refractivity contribution in [3.63, 3.8) is 0 Å². The van der Waals surface area contributed by atoms with Crippen molar-refractivity contribution in [2.24, 2.45) is 0 Å². The minimum atomic E-state index is -3.94. The summed E-state index contributed by atoms with van der Waals surface area (Å²) in [6, 6.07) is 21.9. The molecule has 3 aromatic carbocycles. The molecule has 1 heterocycles. The van der Waals surface area contributed by atoms with Crippen molar-refractivity contribution in [1.29, 1.82) is 0 Å². The molecule has 0 N–H and O–H groups in total. The predicted octanol–water partition coefficient (Wildman–Crippen LogP) is 4.50. The van der Waals surface area contributed by atoms with E-state index in [9.17, 15) is 13.2 Å². The number of hydrogen-bond donors (Lipinski definition) is 0. The van der Waals surface area contributed by atoms with Crippen LogP contribution in [0.1, 0.15) is 16.7 Å². The summed E-state index contributed by atoms with van der Waals surface area (Å²) in [6.45, 7) is 4.25. The van der Waals surface area contributed by atoms with E-state index >= 15 is 0 Å². The molecule has 0 atom stereocenters. The molecule has 5 heteroatoms. The summed E-state index contributed by atoms with van der Waals surface area (Å²) in [5, 5.41) is 0.411. The standard InChI is InChI=1S/C24H21NO3S/c1-17-8-11-20(12-9-17)29(27,28)23-16-25(15-19-6-4-3-5-7-19)22-13-10-18(2)14-21(22)24(23)26/h3-14,16H,15H2,1-2H3. The van der Waals surface area contributed by atoms with Crippen molar-refractivity contribution in [1.82, 2.24) is 4.57 Å². The van der Waals surface area contributed by atoms with Crippen LogP contribution in [0.15, 0.2) is 93.6 Å². The van der Waals surface area contributed by atoms with Crippen LogP contribution in [0.3, 0.4) is 0 Å². The molecule has 4 aromatic rings. The van der Waals surface area contributed by atoms with Crippen molar-refractivity contribution in [3.8, 4) is 0 Å². The van der Waals surface area contributed by atoms with Gasteiger partial charge in [0.2, 0.25) is 15.3 Å². The summed E-state index contributed by atoms with van der Waals surface area (Å²) in [4.78, 5) is 13.1. The van der Waals surface area contributed by atoms with Crippen LogP contribution in [0.2, 0.25) is 0 Å². The van der Waals surface area contributed by atoms with Gasteiger partial charge >= 0.3 is 0 Å². The van der Waals surface area contributed by atoms with Crippen molar-refractivity contribution in [2.75, 3.05) is 0 Å². The van der Waals surface area contributed by atoms with Crippen LogP contribution in [0.4, 0.5) is 0 Å². The molecule has 0 fully saturated rings. The molecule has 0 aliphatic heterocycles. The maximum Gasteiger partial charge on any atom is 0.211 e. The average Bonchev–Trinajstić information content (AvgIpc) is 2.71. The second-order valence-corrected chi connectivity index (χ2v) is 9.19. The average molecular weight is 404 g/mol. The Morgan fingerprint density at radius 3 is 2.17 bits per heavy atom. The highest BCUT2D eigenvalue weighted by atomic mass is 32.2. The number of hydrogen-bond acceptors (Lipinski definition) is 3. The van der Waals surface area contributed by atoms with Crippen molar-refractivity contribution < 1.29 is 8.42 Å². The molecule has 0 radical (unpaired) electrons. The Kier molecular flexibility index (Phi) is 4.84. The van der Waals surface area contributed by atoms with E-state index in [1.165, 1.54) is 6.20 Å². The van der Waals surface area contributed by atoms with Crippen LogP contribution in [0.25, 0.3) is 10.9 Å². The first kappa shape index (κ1) is 19.2. The lowest BCUT2D eigenvalue weighted by atomic mass is 10.1. The highest BCUT2D eigenvalue weighted by Gasteiger charge is 2.24. The normalized spacial score (nSPS) is 11.7. The van der Waals surface area contributed by atoms with Crippen LogP contribution < -0.4 is 5.43 Å². The van der Waals surface area contributed by atoms with Crippen LogP contribution in [0.5, 0.6) is 0 Å². The van der Waals surface area contributed by atoms with E-state index in [1.54, 1.807) is 30.3 Å². The van der Waals surface area contributed by atoms with Gasteiger partial charge in [0.05, 0.1) is 10.4 Å². The van der Waals surface area contributed by atoms with Crippen LogP contribution in [-0.4, -0.2) is 13.0 Å². The van der Waals surface area contributed by atoms with Gasteiger partial charge in [0.25, 0.3) is 0 Å². The molecule has 0 bridgehead atoms. The van der Waals surface area contributed by atoms with E-state index in [1.807, 2.05) is 60.9 Å². The number of aryl methyl sites for hydroxylation is 2. The van der Waals surface area contributed by atoms with Crippen molar-refractivity contribution >= 4 is 20.7 Å². The summed E-state index contributed by atoms with van der Waals surface area (Å²) in [6.07, 6.45) is 1.47. The fourth-order valence-electron chi connectivity index (χ4n) is 3.43. The number of fused-ring (bicyclic) bond motifs is 1. The summed E-state index contributed by atoms with van der Waals surface area (Å²) >= 11 is 0. The second-order valence-electron chi connectivity index (χ2n) is 7.27. The molecule has 0 aliphatic rings. The number of aromatic nitrogens is 1. The van der Waals surface area contributed by atoms with Gasteiger partial charge in [0.1, 0.15) is 4.90 Å². The molecular weight excluding hydrogens is 382 g/mol. The number of nitrogens with zero attached hydrogens (tertiary/aromatic N) is 1. The zero-order chi connectivity index (χ0) is 20.6. The van der Waals surface area contributed by atoms with E-state index in [0.29, 0.717) is 17.4 Å². The van der Waals surface area contributed by atoms with Gasteiger partial charge in [-0.25, -0.2) is 8.42 Å². The first-order valence-electron chi connectivity index (χ1n) is 9.36. The largest absolute Gasteiger partial charge is 0.341 e. The Morgan fingerprint density at radius 1 is 0.828 bits per heavy atom. The third-order valence-corrected chi connectivity index (χ3v) is 6.78. The Balaban J connectivity index is 1.98. The van der Waals surface area contributed by atoms with Gasteiger partial charge in [-0.3, -0.25) is 4.79 Å². The maximum atomic E-state index is 13.3. The van der Waals surface area contributed by atoms with Crippen LogP contribution in [0, 0.1) is 13.8 Å². The lowest BCUT2D eigenvalue weighted by molar-refractivity contribution is 0.594. The molecule has 0 saturated heterocycles. The number of rotatable bonds is 4. The summed E-state index contributed by atoms with van der Waals surface area (Å²) < 4.78 is 28.4. The Labute approximate surface area is 170 Å². The van der Waals surface area contributed by atoms with E-state index in [4.69, 9.17) is 0 Å². The highest BCUT2D eigenvalue weighted by molar-refractivity contribution is 7.91. The minimum absolute atomic E-state index is 0.124. The van der Waals surface area contributed by atoms with Gasteiger partial charge in [-0.2, -0.15) is 0 Å². The van der Waals surface area contributed by atoms with E-state index < -0.39 is 15.3 Å². The quantitative estimate of drug-likeness (QED) is 0.504. The molecule has 1 aromatic heterocycles. The smallest absolute Gasteiger partial charge is 0.211 e. The summed E-state index contributed by atoms with van der Waals surface area (Å²) in [5.41, 5.74) is 3.14. The van der Waals surface area contributed by atoms with Crippen LogP contribution in [-0.2, 0) is 16.4 Å². The van der Waals surface area contributed by atoms with Crippen LogP contribution >= 0.6 is 0 Å². The Hall–Kier alpha value is -3.18. The lowest BCUT2D eigenvalue weighted by Gasteiger charge is -2.15. The molecule has 0 spiro atoms.